The molecule has 0 aromatic carbocycles. The van der Waals surface area contributed by atoms with E-state index in [9.17, 15) is 4.79 Å². The van der Waals surface area contributed by atoms with Crippen molar-refractivity contribution in [2.45, 2.75) is 12.8 Å². The molecular formula is C6H14N2O. The van der Waals surface area contributed by atoms with Gasteiger partial charge in [0, 0.05) is 20.0 Å². The Bertz CT molecular complexity index is 93.1. The van der Waals surface area contributed by atoms with Gasteiger partial charge in [0.1, 0.15) is 0 Å². The summed E-state index contributed by atoms with van der Waals surface area (Å²) in [4.78, 5) is 12.3. The quantitative estimate of drug-likeness (QED) is 0.494. The van der Waals surface area contributed by atoms with Gasteiger partial charge in [-0.3, -0.25) is 4.79 Å². The lowest BCUT2D eigenvalue weighted by Crippen LogP contribution is -2.17. The van der Waals surface area contributed by atoms with Crippen molar-refractivity contribution in [2.75, 3.05) is 20.6 Å². The fraction of sp³-hybridized carbons (Fsp3) is 0.833. The molecule has 3 heteroatoms. The SMILES string of the molecule is CN.CN1CCCC1=O. The third-order valence-electron chi connectivity index (χ3n) is 1.31. The molecule has 1 fully saturated rings. The summed E-state index contributed by atoms with van der Waals surface area (Å²) >= 11 is 0. The molecule has 1 aliphatic heterocycles. The monoisotopic (exact) mass is 130 g/mol. The zero-order chi connectivity index (χ0) is 7.28. The molecule has 0 atom stereocenters. The summed E-state index contributed by atoms with van der Waals surface area (Å²) in [7, 11) is 3.34. The van der Waals surface area contributed by atoms with Crippen molar-refractivity contribution in [3.05, 3.63) is 0 Å². The zero-order valence-corrected chi connectivity index (χ0v) is 6.05. The Hall–Kier alpha value is -0.570. The van der Waals surface area contributed by atoms with Gasteiger partial charge in [0.25, 0.3) is 0 Å². The van der Waals surface area contributed by atoms with Crippen LogP contribution in [-0.2, 0) is 4.79 Å². The lowest BCUT2D eigenvalue weighted by Gasteiger charge is -2.03. The largest absolute Gasteiger partial charge is 0.346 e. The normalized spacial score (nSPS) is 17.2. The third-order valence-corrected chi connectivity index (χ3v) is 1.31. The number of amides is 1. The van der Waals surface area contributed by atoms with E-state index < -0.39 is 0 Å². The molecule has 0 bridgehead atoms. The van der Waals surface area contributed by atoms with E-state index in [-0.39, 0.29) is 0 Å². The molecule has 54 valence electrons. The Morgan fingerprint density at radius 3 is 2.22 bits per heavy atom. The van der Waals surface area contributed by atoms with Crippen LogP contribution in [0.1, 0.15) is 12.8 Å². The summed E-state index contributed by atoms with van der Waals surface area (Å²) in [6, 6.07) is 0. The van der Waals surface area contributed by atoms with E-state index in [0.717, 1.165) is 19.4 Å². The van der Waals surface area contributed by atoms with Crippen LogP contribution in [-0.4, -0.2) is 31.4 Å². The fourth-order valence-corrected chi connectivity index (χ4v) is 0.783. The first-order valence-corrected chi connectivity index (χ1v) is 3.12. The van der Waals surface area contributed by atoms with E-state index in [0.29, 0.717) is 5.91 Å². The fourth-order valence-electron chi connectivity index (χ4n) is 0.783. The van der Waals surface area contributed by atoms with Crippen LogP contribution in [0.2, 0.25) is 0 Å². The van der Waals surface area contributed by atoms with E-state index in [4.69, 9.17) is 0 Å². The average Bonchev–Trinajstić information content (AvgIpc) is 2.23. The molecule has 1 aliphatic rings. The molecular weight excluding hydrogens is 116 g/mol. The summed E-state index contributed by atoms with van der Waals surface area (Å²) in [6.07, 6.45) is 1.81. The van der Waals surface area contributed by atoms with Crippen LogP contribution < -0.4 is 5.73 Å². The highest BCUT2D eigenvalue weighted by molar-refractivity contribution is 5.77. The molecule has 9 heavy (non-hydrogen) atoms. The highest BCUT2D eigenvalue weighted by Crippen LogP contribution is 2.04. The van der Waals surface area contributed by atoms with E-state index in [1.165, 1.54) is 7.05 Å². The maximum Gasteiger partial charge on any atom is 0.222 e. The third kappa shape index (κ3) is 2.46. The first-order valence-electron chi connectivity index (χ1n) is 3.12. The van der Waals surface area contributed by atoms with Crippen molar-refractivity contribution in [3.8, 4) is 0 Å². The van der Waals surface area contributed by atoms with Crippen LogP contribution in [0.3, 0.4) is 0 Å². The minimum absolute atomic E-state index is 0.292. The number of rotatable bonds is 0. The van der Waals surface area contributed by atoms with Crippen molar-refractivity contribution in [1.29, 1.82) is 0 Å². The summed E-state index contributed by atoms with van der Waals surface area (Å²) < 4.78 is 0. The van der Waals surface area contributed by atoms with Crippen LogP contribution >= 0.6 is 0 Å². The van der Waals surface area contributed by atoms with Gasteiger partial charge in [-0.05, 0) is 13.5 Å². The van der Waals surface area contributed by atoms with Crippen molar-refractivity contribution in [3.63, 3.8) is 0 Å². The van der Waals surface area contributed by atoms with Crippen LogP contribution in [0.25, 0.3) is 0 Å². The van der Waals surface area contributed by atoms with Crippen LogP contribution in [0.15, 0.2) is 0 Å². The van der Waals surface area contributed by atoms with Crippen molar-refractivity contribution < 1.29 is 4.79 Å². The summed E-state index contributed by atoms with van der Waals surface area (Å²) in [5, 5.41) is 0. The zero-order valence-electron chi connectivity index (χ0n) is 6.05. The number of hydrogen-bond donors (Lipinski definition) is 1. The molecule has 1 rings (SSSR count). The molecule has 0 aromatic rings. The Balaban J connectivity index is 0.000000291. The van der Waals surface area contributed by atoms with Crippen molar-refractivity contribution >= 4 is 5.91 Å². The number of hydrogen-bond acceptors (Lipinski definition) is 2. The standard InChI is InChI=1S/C5H9NO.CH5N/c1-6-4-2-3-5(6)7;1-2/h2-4H2,1H3;2H2,1H3. The number of nitrogens with two attached hydrogens (primary N) is 1. The first-order chi connectivity index (χ1) is 4.30. The van der Waals surface area contributed by atoms with Gasteiger partial charge in [-0.15, -0.1) is 0 Å². The molecule has 0 aromatic heterocycles. The van der Waals surface area contributed by atoms with Gasteiger partial charge in [-0.25, -0.2) is 0 Å². The van der Waals surface area contributed by atoms with E-state index in [2.05, 4.69) is 5.73 Å². The van der Waals surface area contributed by atoms with Gasteiger partial charge in [-0.1, -0.05) is 0 Å². The minimum atomic E-state index is 0.292. The molecule has 1 amide bonds. The molecule has 0 unspecified atom stereocenters. The summed E-state index contributed by atoms with van der Waals surface area (Å²) in [5.41, 5.74) is 4.50. The van der Waals surface area contributed by atoms with E-state index in [1.807, 2.05) is 7.05 Å². The van der Waals surface area contributed by atoms with Crippen LogP contribution in [0, 0.1) is 0 Å². The maximum atomic E-state index is 10.5. The highest BCUT2D eigenvalue weighted by atomic mass is 16.2. The number of carbonyl (C=O) groups excluding carboxylic acids is 1. The van der Waals surface area contributed by atoms with Gasteiger partial charge in [0.2, 0.25) is 5.91 Å². The predicted molar refractivity (Wildman–Crippen MR) is 37.0 cm³/mol. The maximum absolute atomic E-state index is 10.5. The predicted octanol–water partition coefficient (Wildman–Crippen LogP) is -0.187. The van der Waals surface area contributed by atoms with Gasteiger partial charge in [-0.2, -0.15) is 0 Å². The number of likely N-dealkylation sites (tertiary alicyclic amines) is 1. The Labute approximate surface area is 55.8 Å². The number of nitrogens with zero attached hydrogens (tertiary/aromatic N) is 1. The molecule has 2 N–H and O–H groups in total. The second-order valence-corrected chi connectivity index (χ2v) is 1.92. The smallest absolute Gasteiger partial charge is 0.222 e. The molecule has 0 aliphatic carbocycles. The van der Waals surface area contributed by atoms with Crippen LogP contribution in [0.5, 0.6) is 0 Å². The lowest BCUT2D eigenvalue weighted by atomic mass is 10.4. The van der Waals surface area contributed by atoms with Gasteiger partial charge >= 0.3 is 0 Å². The molecule has 3 nitrogen and oxygen atoms in total. The van der Waals surface area contributed by atoms with E-state index >= 15 is 0 Å². The van der Waals surface area contributed by atoms with Gasteiger partial charge in [0.15, 0.2) is 0 Å². The Morgan fingerprint density at radius 1 is 1.56 bits per heavy atom. The Morgan fingerprint density at radius 2 is 2.11 bits per heavy atom. The highest BCUT2D eigenvalue weighted by Gasteiger charge is 2.14. The average molecular weight is 130 g/mol. The molecule has 1 saturated heterocycles. The number of carbonyl (C=O) groups is 1. The van der Waals surface area contributed by atoms with Crippen molar-refractivity contribution in [1.82, 2.24) is 4.90 Å². The second-order valence-electron chi connectivity index (χ2n) is 1.92. The van der Waals surface area contributed by atoms with Crippen LogP contribution in [0.4, 0.5) is 0 Å². The van der Waals surface area contributed by atoms with Crippen molar-refractivity contribution in [2.24, 2.45) is 5.73 Å². The van der Waals surface area contributed by atoms with E-state index in [1.54, 1.807) is 4.90 Å². The summed E-state index contributed by atoms with van der Waals surface area (Å²) in [5.74, 6) is 0.292. The first kappa shape index (κ1) is 8.43. The molecule has 0 saturated carbocycles. The lowest BCUT2D eigenvalue weighted by molar-refractivity contribution is -0.126. The molecule has 0 radical (unpaired) electrons. The van der Waals surface area contributed by atoms with Gasteiger partial charge < -0.3 is 10.6 Å². The topological polar surface area (TPSA) is 46.3 Å². The minimum Gasteiger partial charge on any atom is -0.346 e. The molecule has 0 spiro atoms. The second kappa shape index (κ2) is 4.32. The summed E-state index contributed by atoms with van der Waals surface area (Å²) in [6.45, 7) is 0.957. The van der Waals surface area contributed by atoms with Gasteiger partial charge in [0.05, 0.1) is 0 Å². The Kier molecular flexibility index (Phi) is 4.05. The molecule has 1 heterocycles.